The normalized spacial score (nSPS) is 18.0. The molecule has 0 saturated heterocycles. The number of carbonyl (C=O) groups is 1. The van der Waals surface area contributed by atoms with Crippen LogP contribution in [0.2, 0.25) is 0 Å². The van der Waals surface area contributed by atoms with E-state index >= 15 is 0 Å². The lowest BCUT2D eigenvalue weighted by molar-refractivity contribution is 0.0715. The molecule has 0 aromatic carbocycles. The zero-order chi connectivity index (χ0) is 23.0. The highest BCUT2D eigenvalue weighted by molar-refractivity contribution is 8.06. The van der Waals surface area contributed by atoms with Crippen LogP contribution in [0.5, 0.6) is 0 Å². The van der Waals surface area contributed by atoms with Crippen molar-refractivity contribution in [3.63, 3.8) is 0 Å². The lowest BCUT2D eigenvalue weighted by Gasteiger charge is -2.40. The molecule has 5 nitrogen and oxygen atoms in total. The van der Waals surface area contributed by atoms with E-state index in [1.165, 1.54) is 11.8 Å². The molecule has 1 aliphatic heterocycles. The van der Waals surface area contributed by atoms with E-state index in [1.54, 1.807) is 35.3 Å². The van der Waals surface area contributed by atoms with Crippen molar-refractivity contribution in [1.82, 2.24) is 14.8 Å². The number of likely N-dealkylation sites (N-methyl/N-ethyl adjacent to an activating group) is 1. The summed E-state index contributed by atoms with van der Waals surface area (Å²) in [4.78, 5) is 21.3. The van der Waals surface area contributed by atoms with E-state index in [-0.39, 0.29) is 18.1 Å². The first-order chi connectivity index (χ1) is 14.7. The number of rotatable bonds is 10. The smallest absolute Gasteiger partial charge is 0.325 e. The molecule has 0 saturated carbocycles. The quantitative estimate of drug-likeness (QED) is 0.297. The SMILES string of the molecule is C=C(/C=C(Cl)\C=C(/C)CCl)SC1=CC(COCc2ccncc2)N(C)C(=O)N1C(C)C. The fraction of sp³-hybridized carbons (Fsp3) is 0.391. The predicted molar refractivity (Wildman–Crippen MR) is 131 cm³/mol. The van der Waals surface area contributed by atoms with Crippen LogP contribution in [0.4, 0.5) is 4.79 Å². The van der Waals surface area contributed by atoms with Crippen molar-refractivity contribution in [3.8, 4) is 0 Å². The molecule has 0 bridgehead atoms. The van der Waals surface area contributed by atoms with Crippen LogP contribution < -0.4 is 0 Å². The molecule has 0 aliphatic carbocycles. The molecular weight excluding hydrogens is 453 g/mol. The molecule has 1 aromatic rings. The molecular formula is C23H29Cl2N3O2S. The van der Waals surface area contributed by atoms with Crippen LogP contribution in [0.1, 0.15) is 26.3 Å². The monoisotopic (exact) mass is 481 g/mol. The number of pyridine rings is 1. The second-order valence-corrected chi connectivity index (χ2v) is 9.37. The first kappa shape index (κ1) is 25.5. The van der Waals surface area contributed by atoms with Gasteiger partial charge in [-0.2, -0.15) is 0 Å². The Balaban J connectivity index is 2.15. The van der Waals surface area contributed by atoms with Crippen molar-refractivity contribution in [3.05, 3.63) is 75.4 Å². The van der Waals surface area contributed by atoms with Gasteiger partial charge in [-0.25, -0.2) is 4.79 Å². The Kier molecular flexibility index (Phi) is 10.2. The summed E-state index contributed by atoms with van der Waals surface area (Å²) in [6.45, 7) is 10.8. The molecule has 0 fully saturated rings. The summed E-state index contributed by atoms with van der Waals surface area (Å²) in [6, 6.07) is 3.57. The van der Waals surface area contributed by atoms with Gasteiger partial charge < -0.3 is 9.64 Å². The number of allylic oxidation sites excluding steroid dienone is 4. The summed E-state index contributed by atoms with van der Waals surface area (Å²) in [7, 11) is 1.79. The fourth-order valence-corrected chi connectivity index (χ4v) is 4.42. The standard InChI is InChI=1S/C23H29Cl2N3O2S/c1-16(2)28-22(31-18(4)11-20(25)10-17(3)13-24)12-21(27(5)23(28)29)15-30-14-19-6-8-26-9-7-19/h6-12,16,21H,4,13-15H2,1-3,5H3/b17-10+,20-11+. The number of hydrogen-bond donors (Lipinski definition) is 0. The van der Waals surface area contributed by atoms with Crippen molar-refractivity contribution in [1.29, 1.82) is 0 Å². The minimum Gasteiger partial charge on any atom is -0.374 e. The first-order valence-corrected chi connectivity index (χ1v) is 11.7. The average Bonchev–Trinajstić information content (AvgIpc) is 2.71. The van der Waals surface area contributed by atoms with Crippen molar-refractivity contribution in [2.75, 3.05) is 19.5 Å². The van der Waals surface area contributed by atoms with Crippen molar-refractivity contribution in [2.45, 2.75) is 39.5 Å². The third kappa shape index (κ3) is 7.72. The number of urea groups is 1. The second-order valence-electron chi connectivity index (χ2n) is 7.52. The van der Waals surface area contributed by atoms with Gasteiger partial charge in [-0.05, 0) is 56.7 Å². The van der Waals surface area contributed by atoms with Gasteiger partial charge >= 0.3 is 6.03 Å². The number of alkyl halides is 1. The predicted octanol–water partition coefficient (Wildman–Crippen LogP) is 6.14. The molecule has 1 aliphatic rings. The number of hydrogen-bond acceptors (Lipinski definition) is 4. The maximum atomic E-state index is 13.0. The number of ether oxygens (including phenoxy) is 1. The van der Waals surface area contributed by atoms with Crippen LogP contribution in [-0.4, -0.2) is 52.4 Å². The molecule has 0 radical (unpaired) electrons. The van der Waals surface area contributed by atoms with Gasteiger partial charge in [-0.1, -0.05) is 35.5 Å². The Labute approximate surface area is 199 Å². The van der Waals surface area contributed by atoms with Gasteiger partial charge in [-0.3, -0.25) is 9.88 Å². The molecule has 31 heavy (non-hydrogen) atoms. The summed E-state index contributed by atoms with van der Waals surface area (Å²) in [6.07, 6.45) is 9.10. The van der Waals surface area contributed by atoms with Crippen molar-refractivity contribution in [2.24, 2.45) is 0 Å². The van der Waals surface area contributed by atoms with E-state index in [2.05, 4.69) is 11.6 Å². The van der Waals surface area contributed by atoms with Crippen LogP contribution in [-0.2, 0) is 11.3 Å². The van der Waals surface area contributed by atoms with Crippen LogP contribution in [0.25, 0.3) is 0 Å². The zero-order valence-corrected chi connectivity index (χ0v) is 20.7. The molecule has 1 atom stereocenters. The highest BCUT2D eigenvalue weighted by atomic mass is 35.5. The molecule has 2 heterocycles. The number of amides is 2. The third-order valence-electron chi connectivity index (χ3n) is 4.53. The largest absolute Gasteiger partial charge is 0.374 e. The third-order valence-corrected chi connectivity index (χ3v) is 6.09. The fourth-order valence-electron chi connectivity index (χ4n) is 2.89. The van der Waals surface area contributed by atoms with Crippen molar-refractivity contribution < 1.29 is 9.53 Å². The maximum absolute atomic E-state index is 13.0. The van der Waals surface area contributed by atoms with Gasteiger partial charge in [0.2, 0.25) is 0 Å². The molecule has 0 N–H and O–H groups in total. The Hall–Kier alpha value is -1.73. The van der Waals surface area contributed by atoms with E-state index in [4.69, 9.17) is 27.9 Å². The Morgan fingerprint density at radius 2 is 2.03 bits per heavy atom. The molecule has 2 rings (SSSR count). The molecule has 0 spiro atoms. The van der Waals surface area contributed by atoms with Gasteiger partial charge in [0.05, 0.1) is 24.3 Å². The van der Waals surface area contributed by atoms with Crippen molar-refractivity contribution >= 4 is 41.0 Å². The van der Waals surface area contributed by atoms with Crippen LogP contribution in [0, 0.1) is 0 Å². The van der Waals surface area contributed by atoms with E-state index in [1.807, 2.05) is 45.1 Å². The maximum Gasteiger partial charge on any atom is 0.325 e. The minimum absolute atomic E-state index is 0.00183. The van der Waals surface area contributed by atoms with Gasteiger partial charge in [0.25, 0.3) is 0 Å². The van der Waals surface area contributed by atoms with Crippen LogP contribution >= 0.6 is 35.0 Å². The summed E-state index contributed by atoms with van der Waals surface area (Å²) in [5, 5.41) is 1.36. The Bertz CT molecular complexity index is 869. The number of aromatic nitrogens is 1. The first-order valence-electron chi connectivity index (χ1n) is 9.94. The topological polar surface area (TPSA) is 45.7 Å². The van der Waals surface area contributed by atoms with Crippen LogP contribution in [0.3, 0.4) is 0 Å². The van der Waals surface area contributed by atoms with Gasteiger partial charge in [0, 0.05) is 41.3 Å². The number of halogens is 2. The van der Waals surface area contributed by atoms with E-state index in [0.29, 0.717) is 24.1 Å². The molecule has 168 valence electrons. The van der Waals surface area contributed by atoms with Gasteiger partial charge in [-0.15, -0.1) is 11.6 Å². The van der Waals surface area contributed by atoms with Gasteiger partial charge in [0.1, 0.15) is 0 Å². The number of thioether (sulfide) groups is 1. The summed E-state index contributed by atoms with van der Waals surface area (Å²) in [5.41, 5.74) is 2.00. The zero-order valence-electron chi connectivity index (χ0n) is 18.3. The number of nitrogens with zero attached hydrogens (tertiary/aromatic N) is 3. The highest BCUT2D eigenvalue weighted by Gasteiger charge is 2.33. The highest BCUT2D eigenvalue weighted by Crippen LogP contribution is 2.35. The Morgan fingerprint density at radius 3 is 2.65 bits per heavy atom. The van der Waals surface area contributed by atoms with Gasteiger partial charge in [0.15, 0.2) is 0 Å². The molecule has 8 heteroatoms. The molecule has 1 aromatic heterocycles. The molecule has 1 unspecified atom stereocenters. The lowest BCUT2D eigenvalue weighted by Crippen LogP contribution is -2.52. The lowest BCUT2D eigenvalue weighted by atomic mass is 10.2. The Morgan fingerprint density at radius 1 is 1.35 bits per heavy atom. The summed E-state index contributed by atoms with van der Waals surface area (Å²) in [5.74, 6) is 0.415. The van der Waals surface area contributed by atoms with E-state index in [0.717, 1.165) is 21.1 Å². The van der Waals surface area contributed by atoms with E-state index < -0.39 is 0 Å². The van der Waals surface area contributed by atoms with Crippen LogP contribution in [0.15, 0.2) is 69.9 Å². The second kappa shape index (κ2) is 12.3. The average molecular weight is 482 g/mol. The summed E-state index contributed by atoms with van der Waals surface area (Å²) < 4.78 is 5.88. The van der Waals surface area contributed by atoms with E-state index in [9.17, 15) is 4.79 Å². The summed E-state index contributed by atoms with van der Waals surface area (Å²) >= 11 is 13.5. The minimum atomic E-state index is -0.183. The number of carbonyl (C=O) groups excluding carboxylic acids is 1. The molecule has 2 amide bonds.